The van der Waals surface area contributed by atoms with Gasteiger partial charge in [0, 0.05) is 6.04 Å². The molecule has 0 saturated heterocycles. The Balaban J connectivity index is 1.64. The molecule has 1 aliphatic carbocycles. The van der Waals surface area contributed by atoms with Gasteiger partial charge in [0.05, 0.1) is 11.9 Å². The number of rotatable bonds is 5. The third-order valence-electron chi connectivity index (χ3n) is 2.94. The maximum Gasteiger partial charge on any atom is 0.258 e. The lowest BCUT2D eigenvalue weighted by Gasteiger charge is -2.04. The van der Waals surface area contributed by atoms with Crippen molar-refractivity contribution in [2.24, 2.45) is 0 Å². The number of hydrogen-bond acceptors (Lipinski definition) is 3. The van der Waals surface area contributed by atoms with Crippen LogP contribution < -0.4 is 10.1 Å². The molecule has 20 heavy (non-hydrogen) atoms. The third kappa shape index (κ3) is 3.11. The van der Waals surface area contributed by atoms with E-state index in [4.69, 9.17) is 16.3 Å². The van der Waals surface area contributed by atoms with Crippen molar-refractivity contribution in [1.29, 1.82) is 0 Å². The lowest BCUT2D eigenvalue weighted by molar-refractivity contribution is -0.123. The van der Waals surface area contributed by atoms with Crippen LogP contribution in [0.2, 0.25) is 5.02 Å². The maximum atomic E-state index is 11.5. The van der Waals surface area contributed by atoms with Crippen molar-refractivity contribution in [1.82, 2.24) is 15.1 Å². The number of halogens is 1. The van der Waals surface area contributed by atoms with Gasteiger partial charge in [-0.1, -0.05) is 29.8 Å². The first-order valence-corrected chi connectivity index (χ1v) is 6.83. The van der Waals surface area contributed by atoms with Crippen LogP contribution in [0.15, 0.2) is 36.5 Å². The SMILES string of the molecule is O=C(COc1nn(-c2ccccc2)cc1Cl)NC1CC1. The van der Waals surface area contributed by atoms with E-state index in [9.17, 15) is 4.79 Å². The van der Waals surface area contributed by atoms with E-state index >= 15 is 0 Å². The Bertz CT molecular complexity index is 608. The summed E-state index contributed by atoms with van der Waals surface area (Å²) in [5.41, 5.74) is 0.881. The second-order valence-electron chi connectivity index (χ2n) is 4.69. The van der Waals surface area contributed by atoms with Crippen LogP contribution in [0.5, 0.6) is 5.88 Å². The van der Waals surface area contributed by atoms with E-state index < -0.39 is 0 Å². The molecule has 0 radical (unpaired) electrons. The Morgan fingerprint density at radius 3 is 2.85 bits per heavy atom. The van der Waals surface area contributed by atoms with Crippen molar-refractivity contribution < 1.29 is 9.53 Å². The molecule has 0 aliphatic heterocycles. The number of hydrogen-bond donors (Lipinski definition) is 1. The number of benzene rings is 1. The molecule has 1 heterocycles. The van der Waals surface area contributed by atoms with Crippen molar-refractivity contribution in [3.05, 3.63) is 41.6 Å². The summed E-state index contributed by atoms with van der Waals surface area (Å²) >= 11 is 6.06. The molecule has 1 aromatic carbocycles. The van der Waals surface area contributed by atoms with Gasteiger partial charge in [-0.15, -0.1) is 5.10 Å². The summed E-state index contributed by atoms with van der Waals surface area (Å²) in [6.45, 7) is -0.0674. The lowest BCUT2D eigenvalue weighted by Crippen LogP contribution is -2.30. The fourth-order valence-corrected chi connectivity index (χ4v) is 1.96. The van der Waals surface area contributed by atoms with Crippen LogP contribution in [-0.2, 0) is 4.79 Å². The number of aromatic nitrogens is 2. The Labute approximate surface area is 121 Å². The van der Waals surface area contributed by atoms with Crippen LogP contribution in [0.4, 0.5) is 0 Å². The Kier molecular flexibility index (Phi) is 3.60. The molecule has 3 rings (SSSR count). The number of nitrogens with zero attached hydrogens (tertiary/aromatic N) is 2. The fraction of sp³-hybridized carbons (Fsp3) is 0.286. The predicted octanol–water partition coefficient (Wildman–Crippen LogP) is 2.18. The summed E-state index contributed by atoms with van der Waals surface area (Å²) in [5.74, 6) is 0.124. The minimum Gasteiger partial charge on any atom is -0.465 e. The van der Waals surface area contributed by atoms with E-state index in [0.29, 0.717) is 11.1 Å². The van der Waals surface area contributed by atoms with Crippen LogP contribution in [-0.4, -0.2) is 28.3 Å². The molecule has 5 nitrogen and oxygen atoms in total. The molecule has 0 unspecified atom stereocenters. The van der Waals surface area contributed by atoms with Crippen LogP contribution in [0.3, 0.4) is 0 Å². The molecular weight excluding hydrogens is 278 g/mol. The molecule has 0 atom stereocenters. The highest BCUT2D eigenvalue weighted by atomic mass is 35.5. The molecule has 0 spiro atoms. The number of ether oxygens (including phenoxy) is 1. The third-order valence-corrected chi connectivity index (χ3v) is 3.20. The summed E-state index contributed by atoms with van der Waals surface area (Å²) in [5, 5.41) is 7.45. The highest BCUT2D eigenvalue weighted by molar-refractivity contribution is 6.31. The zero-order valence-corrected chi connectivity index (χ0v) is 11.5. The van der Waals surface area contributed by atoms with E-state index in [2.05, 4.69) is 10.4 Å². The smallest absolute Gasteiger partial charge is 0.258 e. The summed E-state index contributed by atoms with van der Waals surface area (Å²) in [4.78, 5) is 11.5. The second-order valence-corrected chi connectivity index (χ2v) is 5.10. The lowest BCUT2D eigenvalue weighted by atomic mass is 10.3. The van der Waals surface area contributed by atoms with Crippen LogP contribution >= 0.6 is 11.6 Å². The van der Waals surface area contributed by atoms with Crippen molar-refractivity contribution in [2.45, 2.75) is 18.9 Å². The first-order valence-electron chi connectivity index (χ1n) is 6.45. The molecule has 1 aromatic heterocycles. The molecule has 1 aliphatic rings. The second kappa shape index (κ2) is 5.54. The van der Waals surface area contributed by atoms with Crippen LogP contribution in [0.25, 0.3) is 5.69 Å². The molecule has 2 aromatic rings. The number of amides is 1. The summed E-state index contributed by atoms with van der Waals surface area (Å²) in [6, 6.07) is 9.89. The Morgan fingerprint density at radius 1 is 1.40 bits per heavy atom. The summed E-state index contributed by atoms with van der Waals surface area (Å²) in [7, 11) is 0. The monoisotopic (exact) mass is 291 g/mol. The van der Waals surface area contributed by atoms with Crippen molar-refractivity contribution in [3.8, 4) is 11.6 Å². The molecule has 1 fully saturated rings. The van der Waals surface area contributed by atoms with Gasteiger partial charge in [-0.05, 0) is 25.0 Å². The standard InChI is InChI=1S/C14H14ClN3O2/c15-12-8-18(11-4-2-1-3-5-11)17-14(12)20-9-13(19)16-10-6-7-10/h1-5,8,10H,6-7,9H2,(H,16,19). The number of carbonyl (C=O) groups is 1. The minimum atomic E-state index is -0.141. The highest BCUT2D eigenvalue weighted by Gasteiger charge is 2.23. The van der Waals surface area contributed by atoms with Gasteiger partial charge in [0.15, 0.2) is 6.61 Å². The van der Waals surface area contributed by atoms with Gasteiger partial charge in [-0.25, -0.2) is 4.68 Å². The average Bonchev–Trinajstić information content (AvgIpc) is 3.19. The van der Waals surface area contributed by atoms with Gasteiger partial charge in [-0.2, -0.15) is 0 Å². The number of carbonyl (C=O) groups excluding carboxylic acids is 1. The first kappa shape index (κ1) is 13.0. The molecule has 1 amide bonds. The quantitative estimate of drug-likeness (QED) is 0.919. The van der Waals surface area contributed by atoms with Crippen LogP contribution in [0, 0.1) is 0 Å². The molecule has 1 saturated carbocycles. The van der Waals surface area contributed by atoms with E-state index in [1.165, 1.54) is 0 Å². The van der Waals surface area contributed by atoms with Crippen LogP contribution in [0.1, 0.15) is 12.8 Å². The van der Waals surface area contributed by atoms with E-state index in [0.717, 1.165) is 18.5 Å². The van der Waals surface area contributed by atoms with Gasteiger partial charge >= 0.3 is 0 Å². The topological polar surface area (TPSA) is 56.1 Å². The van der Waals surface area contributed by atoms with Gasteiger partial charge < -0.3 is 10.1 Å². The Hall–Kier alpha value is -2.01. The van der Waals surface area contributed by atoms with Gasteiger partial charge in [0.2, 0.25) is 0 Å². The molecule has 6 heteroatoms. The number of para-hydroxylation sites is 1. The molecule has 1 N–H and O–H groups in total. The van der Waals surface area contributed by atoms with E-state index in [1.807, 2.05) is 30.3 Å². The van der Waals surface area contributed by atoms with Gasteiger partial charge in [0.1, 0.15) is 5.02 Å². The predicted molar refractivity (Wildman–Crippen MR) is 75.2 cm³/mol. The summed E-state index contributed by atoms with van der Waals surface area (Å²) < 4.78 is 6.97. The zero-order chi connectivity index (χ0) is 13.9. The largest absolute Gasteiger partial charge is 0.465 e. The first-order chi connectivity index (χ1) is 9.72. The van der Waals surface area contributed by atoms with E-state index in [1.54, 1.807) is 10.9 Å². The molecule has 104 valence electrons. The van der Waals surface area contributed by atoms with Crippen molar-refractivity contribution in [3.63, 3.8) is 0 Å². The van der Waals surface area contributed by atoms with Crippen molar-refractivity contribution in [2.75, 3.05) is 6.61 Å². The van der Waals surface area contributed by atoms with Gasteiger partial charge in [-0.3, -0.25) is 4.79 Å². The summed E-state index contributed by atoms with van der Waals surface area (Å²) in [6.07, 6.45) is 3.76. The average molecular weight is 292 g/mol. The molecule has 0 bridgehead atoms. The highest BCUT2D eigenvalue weighted by Crippen LogP contribution is 2.24. The minimum absolute atomic E-state index is 0.0674. The number of nitrogens with one attached hydrogen (secondary N) is 1. The van der Waals surface area contributed by atoms with Crippen molar-refractivity contribution >= 4 is 17.5 Å². The molecular formula is C14H14ClN3O2. The van der Waals surface area contributed by atoms with Gasteiger partial charge in [0.25, 0.3) is 11.8 Å². The Morgan fingerprint density at radius 2 is 2.15 bits per heavy atom. The normalized spacial score (nSPS) is 14.1. The fourth-order valence-electron chi connectivity index (χ4n) is 1.78. The zero-order valence-electron chi connectivity index (χ0n) is 10.8. The maximum absolute atomic E-state index is 11.5. The van der Waals surface area contributed by atoms with E-state index in [-0.39, 0.29) is 18.4 Å².